The number of likely N-dealkylation sites (N-methyl/N-ethyl adjacent to an activating group) is 1. The van der Waals surface area contributed by atoms with Crippen LogP contribution >= 0.6 is 0 Å². The molecule has 1 amide bonds. The average molecular weight is 585 g/mol. The maximum absolute atomic E-state index is 13.7. The molecule has 0 aliphatic carbocycles. The van der Waals surface area contributed by atoms with Crippen LogP contribution < -0.4 is 0 Å². The number of Topliss-reactive ketones (excluding diaryl/α,β-unsaturated/α-hetero) is 1. The van der Waals surface area contributed by atoms with Gasteiger partial charge in [-0.2, -0.15) is 0 Å². The lowest BCUT2D eigenvalue weighted by Crippen LogP contribution is -2.38. The van der Waals surface area contributed by atoms with Crippen molar-refractivity contribution in [2.75, 3.05) is 46.4 Å². The Morgan fingerprint density at radius 2 is 1.67 bits per heavy atom. The number of likely N-dealkylation sites (tertiary alicyclic amines) is 1. The van der Waals surface area contributed by atoms with Gasteiger partial charge in [0.1, 0.15) is 5.82 Å². The number of fused-ring (bicyclic) bond motifs is 1. The topological polar surface area (TPSA) is 67.7 Å². The maximum atomic E-state index is 13.7. The molecular weight excluding hydrogens is 543 g/mol. The third-order valence-corrected chi connectivity index (χ3v) is 8.49. The molecule has 1 fully saturated rings. The predicted octanol–water partition coefficient (Wildman–Crippen LogP) is 6.05. The number of para-hydroxylation sites is 2. The summed E-state index contributed by atoms with van der Waals surface area (Å²) in [7, 11) is 1.82. The molecule has 2 heterocycles. The Kier molecular flexibility index (Phi) is 10.3. The van der Waals surface area contributed by atoms with Crippen molar-refractivity contribution in [1.29, 1.82) is 0 Å². The quantitative estimate of drug-likeness (QED) is 0.141. The summed E-state index contributed by atoms with van der Waals surface area (Å²) < 4.78 is 21.3. The Bertz CT molecular complexity index is 1500. The van der Waals surface area contributed by atoms with Crippen molar-refractivity contribution in [1.82, 2.24) is 19.4 Å². The minimum absolute atomic E-state index is 0.0284. The van der Waals surface area contributed by atoms with E-state index in [2.05, 4.69) is 4.90 Å². The Labute approximate surface area is 253 Å². The van der Waals surface area contributed by atoms with Gasteiger partial charge in [0.2, 0.25) is 5.78 Å². The van der Waals surface area contributed by atoms with Crippen LogP contribution in [0, 0.1) is 11.7 Å². The number of hydrogen-bond acceptors (Lipinski definition) is 5. The summed E-state index contributed by atoms with van der Waals surface area (Å²) in [6, 6.07) is 23.8. The van der Waals surface area contributed by atoms with E-state index < -0.39 is 0 Å². The predicted molar refractivity (Wildman–Crippen MR) is 167 cm³/mol. The summed E-state index contributed by atoms with van der Waals surface area (Å²) in [6.07, 6.45) is 2.38. The second kappa shape index (κ2) is 14.5. The summed E-state index contributed by atoms with van der Waals surface area (Å²) in [6.45, 7) is 6.76. The standard InChI is InChI=1S/C35H41FN4O3/c1-3-43-24-23-40-32-12-8-7-11-31(32)37-34(40)33(41)27-17-20-39(21-18-27)22-19-29(26-13-15-30(36)16-14-26)25-38(2)35(42)28-9-5-4-6-10-28/h4-16,27,29H,3,17-25H2,1-2H3. The van der Waals surface area contributed by atoms with E-state index in [0.29, 0.717) is 37.7 Å². The summed E-state index contributed by atoms with van der Waals surface area (Å²) >= 11 is 0. The first-order valence-corrected chi connectivity index (χ1v) is 15.3. The van der Waals surface area contributed by atoms with E-state index in [4.69, 9.17) is 9.72 Å². The molecule has 43 heavy (non-hydrogen) atoms. The molecule has 0 N–H and O–H groups in total. The molecule has 1 atom stereocenters. The molecule has 1 aliphatic rings. The van der Waals surface area contributed by atoms with Crippen molar-refractivity contribution >= 4 is 22.7 Å². The zero-order valence-electron chi connectivity index (χ0n) is 25.1. The average Bonchev–Trinajstić information content (AvgIpc) is 3.42. The number of ketones is 1. The van der Waals surface area contributed by atoms with Gasteiger partial charge in [-0.1, -0.05) is 42.5 Å². The Morgan fingerprint density at radius 1 is 0.977 bits per heavy atom. The molecule has 8 heteroatoms. The molecule has 0 bridgehead atoms. The highest BCUT2D eigenvalue weighted by atomic mass is 19.1. The van der Waals surface area contributed by atoms with Crippen molar-refractivity contribution in [2.24, 2.45) is 5.92 Å². The third kappa shape index (κ3) is 7.56. The zero-order valence-corrected chi connectivity index (χ0v) is 25.1. The number of halogens is 1. The van der Waals surface area contributed by atoms with Gasteiger partial charge in [-0.15, -0.1) is 0 Å². The van der Waals surface area contributed by atoms with Gasteiger partial charge in [-0.3, -0.25) is 9.59 Å². The summed E-state index contributed by atoms with van der Waals surface area (Å²) in [5.74, 6) is 0.331. The van der Waals surface area contributed by atoms with Gasteiger partial charge in [0.05, 0.1) is 17.6 Å². The highest BCUT2D eigenvalue weighted by Crippen LogP contribution is 2.27. The van der Waals surface area contributed by atoms with Crippen LogP contribution in [0.2, 0.25) is 0 Å². The smallest absolute Gasteiger partial charge is 0.253 e. The molecule has 1 aromatic heterocycles. The lowest BCUT2D eigenvalue weighted by atomic mass is 9.90. The first-order chi connectivity index (χ1) is 20.9. The lowest BCUT2D eigenvalue weighted by molar-refractivity contribution is 0.0779. The summed E-state index contributed by atoms with van der Waals surface area (Å²) in [5.41, 5.74) is 3.47. The van der Waals surface area contributed by atoms with Gasteiger partial charge < -0.3 is 19.1 Å². The highest BCUT2D eigenvalue weighted by molar-refractivity contribution is 5.98. The van der Waals surface area contributed by atoms with Crippen LogP contribution in [-0.2, 0) is 11.3 Å². The Morgan fingerprint density at radius 3 is 2.40 bits per heavy atom. The van der Waals surface area contributed by atoms with E-state index in [0.717, 1.165) is 55.5 Å². The van der Waals surface area contributed by atoms with E-state index in [1.807, 2.05) is 85.3 Å². The van der Waals surface area contributed by atoms with E-state index in [9.17, 15) is 14.0 Å². The SMILES string of the molecule is CCOCCn1c(C(=O)C2CCN(CCC(CN(C)C(=O)c3ccccc3)c3ccc(F)cc3)CC2)nc2ccccc21. The number of nitrogens with zero attached hydrogens (tertiary/aromatic N) is 4. The van der Waals surface area contributed by atoms with Gasteiger partial charge in [0.15, 0.2) is 5.82 Å². The van der Waals surface area contributed by atoms with Crippen molar-refractivity contribution in [3.63, 3.8) is 0 Å². The second-order valence-corrected chi connectivity index (χ2v) is 11.3. The number of ether oxygens (including phenoxy) is 1. The number of imidazole rings is 1. The molecule has 226 valence electrons. The molecule has 4 aromatic rings. The number of amides is 1. The van der Waals surface area contributed by atoms with Crippen LogP contribution in [0.3, 0.4) is 0 Å². The first-order valence-electron chi connectivity index (χ1n) is 15.3. The molecule has 1 unspecified atom stereocenters. The molecule has 0 spiro atoms. The number of carbonyl (C=O) groups excluding carboxylic acids is 2. The fraction of sp³-hybridized carbons (Fsp3) is 0.400. The van der Waals surface area contributed by atoms with Gasteiger partial charge in [-0.25, -0.2) is 9.37 Å². The highest BCUT2D eigenvalue weighted by Gasteiger charge is 2.30. The molecule has 1 saturated heterocycles. The molecule has 3 aromatic carbocycles. The third-order valence-electron chi connectivity index (χ3n) is 8.49. The van der Waals surface area contributed by atoms with Crippen molar-refractivity contribution in [3.05, 3.63) is 102 Å². The van der Waals surface area contributed by atoms with Crippen LogP contribution in [0.15, 0.2) is 78.9 Å². The molecule has 7 nitrogen and oxygen atoms in total. The zero-order chi connectivity index (χ0) is 30.2. The first kappa shape index (κ1) is 30.6. The summed E-state index contributed by atoms with van der Waals surface area (Å²) in [4.78, 5) is 35.6. The maximum Gasteiger partial charge on any atom is 0.253 e. The number of hydrogen-bond donors (Lipinski definition) is 0. The molecule has 0 saturated carbocycles. The summed E-state index contributed by atoms with van der Waals surface area (Å²) in [5, 5.41) is 0. The van der Waals surface area contributed by atoms with Crippen molar-refractivity contribution in [3.8, 4) is 0 Å². The van der Waals surface area contributed by atoms with Crippen molar-refractivity contribution in [2.45, 2.75) is 38.6 Å². The minimum Gasteiger partial charge on any atom is -0.380 e. The fourth-order valence-corrected chi connectivity index (χ4v) is 6.04. The second-order valence-electron chi connectivity index (χ2n) is 11.3. The van der Waals surface area contributed by atoms with Gasteiger partial charge >= 0.3 is 0 Å². The normalized spacial score (nSPS) is 15.0. The van der Waals surface area contributed by atoms with Crippen LogP contribution in [0.25, 0.3) is 11.0 Å². The van der Waals surface area contributed by atoms with Crippen molar-refractivity contribution < 1.29 is 18.7 Å². The molecule has 5 rings (SSSR count). The molecular formula is C35H41FN4O3. The van der Waals surface area contributed by atoms with E-state index >= 15 is 0 Å². The Hall–Kier alpha value is -3.88. The molecule has 1 aliphatic heterocycles. The fourth-order valence-electron chi connectivity index (χ4n) is 6.04. The number of carbonyl (C=O) groups is 2. The monoisotopic (exact) mass is 584 g/mol. The van der Waals surface area contributed by atoms with Crippen LogP contribution in [-0.4, -0.2) is 77.5 Å². The number of aromatic nitrogens is 2. The van der Waals surface area contributed by atoms with Crippen LogP contribution in [0.1, 0.15) is 58.6 Å². The lowest BCUT2D eigenvalue weighted by Gasteiger charge is -2.33. The Balaban J connectivity index is 1.21. The van der Waals surface area contributed by atoms with Gasteiger partial charge in [0.25, 0.3) is 5.91 Å². The van der Waals surface area contributed by atoms with E-state index in [-0.39, 0.29) is 29.3 Å². The molecule has 0 radical (unpaired) electrons. The van der Waals surface area contributed by atoms with E-state index in [1.165, 1.54) is 12.1 Å². The minimum atomic E-state index is -0.269. The number of piperidine rings is 1. The number of rotatable bonds is 13. The van der Waals surface area contributed by atoms with Crippen LogP contribution in [0.5, 0.6) is 0 Å². The largest absolute Gasteiger partial charge is 0.380 e. The van der Waals surface area contributed by atoms with E-state index in [1.54, 1.807) is 4.90 Å². The van der Waals surface area contributed by atoms with Gasteiger partial charge in [-0.05, 0) is 87.8 Å². The number of benzene rings is 3. The van der Waals surface area contributed by atoms with Gasteiger partial charge in [0, 0.05) is 44.1 Å². The van der Waals surface area contributed by atoms with Crippen LogP contribution in [0.4, 0.5) is 4.39 Å².